The van der Waals surface area contributed by atoms with E-state index < -0.39 is 0 Å². The Morgan fingerprint density at radius 1 is 1.44 bits per heavy atom. The van der Waals surface area contributed by atoms with Crippen LogP contribution in [0.3, 0.4) is 0 Å². The summed E-state index contributed by atoms with van der Waals surface area (Å²) < 4.78 is 0. The number of rotatable bonds is 0. The zero-order valence-electron chi connectivity index (χ0n) is 6.89. The van der Waals surface area contributed by atoms with Gasteiger partial charge in [0.25, 0.3) is 0 Å². The molecule has 9 heavy (non-hydrogen) atoms. The van der Waals surface area contributed by atoms with E-state index in [2.05, 4.69) is 31.1 Å². The van der Waals surface area contributed by atoms with Gasteiger partial charge in [0.05, 0.1) is 0 Å². The first-order valence-corrected chi connectivity index (χ1v) is 3.69. The minimum absolute atomic E-state index is 0.736. The molecule has 0 amide bonds. The van der Waals surface area contributed by atoms with E-state index >= 15 is 0 Å². The maximum atomic E-state index is 2.22. The third kappa shape index (κ3) is 2.54. The van der Waals surface area contributed by atoms with Crippen molar-refractivity contribution in [2.45, 2.75) is 33.2 Å². The highest BCUT2D eigenvalue weighted by atomic mass is 15.1. The van der Waals surface area contributed by atoms with Crippen LogP contribution in [-0.4, -0.2) is 18.0 Å². The molecule has 1 heteroatoms. The van der Waals surface area contributed by atoms with Crippen molar-refractivity contribution in [1.29, 1.82) is 0 Å². The maximum Gasteiger partial charge on any atom is 0.0287 e. The third-order valence-corrected chi connectivity index (χ3v) is 1.51. The Hall–Kier alpha value is -0.460. The van der Waals surface area contributed by atoms with Crippen LogP contribution in [0.15, 0.2) is 12.3 Å². The van der Waals surface area contributed by atoms with Crippen LogP contribution in [-0.2, 0) is 0 Å². The minimum atomic E-state index is 0.736. The number of hydrogen-bond acceptors (Lipinski definition) is 1. The molecule has 0 N–H and O–H groups in total. The molecular weight excluding hydrogens is 110 g/mol. The second-order valence-corrected chi connectivity index (χ2v) is 2.13. The van der Waals surface area contributed by atoms with Gasteiger partial charge in [0.1, 0.15) is 0 Å². The average Bonchev–Trinajstić information content (AvgIpc) is 2.23. The molecular formula is C8H17N. The molecule has 0 saturated carbocycles. The fourth-order valence-electron chi connectivity index (χ4n) is 0.737. The fraction of sp³-hybridized carbons (Fsp3) is 0.750. The van der Waals surface area contributed by atoms with E-state index in [4.69, 9.17) is 0 Å². The Labute approximate surface area is 58.4 Å². The zero-order valence-corrected chi connectivity index (χ0v) is 6.89. The summed E-state index contributed by atoms with van der Waals surface area (Å²) in [5.41, 5.74) is 0. The van der Waals surface area contributed by atoms with E-state index in [9.17, 15) is 0 Å². The largest absolute Gasteiger partial charge is 0.378 e. The molecule has 1 unspecified atom stereocenters. The molecule has 1 heterocycles. The van der Waals surface area contributed by atoms with Crippen LogP contribution in [0, 0.1) is 0 Å². The van der Waals surface area contributed by atoms with Crippen molar-refractivity contribution in [1.82, 2.24) is 4.90 Å². The van der Waals surface area contributed by atoms with E-state index in [1.54, 1.807) is 0 Å². The minimum Gasteiger partial charge on any atom is -0.378 e. The van der Waals surface area contributed by atoms with Gasteiger partial charge in [0.15, 0.2) is 0 Å². The SMILES string of the molecule is CC.CC1CC=CN1C. The highest BCUT2D eigenvalue weighted by molar-refractivity contribution is 4.93. The average molecular weight is 127 g/mol. The number of nitrogens with zero attached hydrogens (tertiary/aromatic N) is 1. The molecule has 0 radical (unpaired) electrons. The lowest BCUT2D eigenvalue weighted by Gasteiger charge is -2.14. The van der Waals surface area contributed by atoms with Crippen LogP contribution in [0.5, 0.6) is 0 Å². The summed E-state index contributed by atoms with van der Waals surface area (Å²) in [6, 6.07) is 0.736. The highest BCUT2D eigenvalue weighted by Gasteiger charge is 2.06. The smallest absolute Gasteiger partial charge is 0.0287 e. The van der Waals surface area contributed by atoms with Gasteiger partial charge in [0, 0.05) is 13.1 Å². The standard InChI is InChI=1S/C6H11N.C2H6/c1-6-4-3-5-7(6)2;1-2/h3,5-6H,4H2,1-2H3;1-2H3. The van der Waals surface area contributed by atoms with Crippen molar-refractivity contribution in [2.24, 2.45) is 0 Å². The summed E-state index contributed by atoms with van der Waals surface area (Å²) in [5.74, 6) is 0. The maximum absolute atomic E-state index is 2.22. The predicted molar refractivity (Wildman–Crippen MR) is 42.3 cm³/mol. The summed E-state index contributed by atoms with van der Waals surface area (Å²) in [5, 5.41) is 0. The molecule has 0 aromatic carbocycles. The van der Waals surface area contributed by atoms with Crippen LogP contribution in [0.25, 0.3) is 0 Å². The first kappa shape index (κ1) is 8.54. The van der Waals surface area contributed by atoms with Gasteiger partial charge in [-0.2, -0.15) is 0 Å². The molecule has 1 rings (SSSR count). The summed E-state index contributed by atoms with van der Waals surface area (Å²) in [6.07, 6.45) is 5.55. The molecule has 54 valence electrons. The van der Waals surface area contributed by atoms with Crippen molar-refractivity contribution in [3.05, 3.63) is 12.3 Å². The van der Waals surface area contributed by atoms with Gasteiger partial charge in [-0.25, -0.2) is 0 Å². The van der Waals surface area contributed by atoms with Gasteiger partial charge in [-0.1, -0.05) is 19.9 Å². The van der Waals surface area contributed by atoms with E-state index in [0.29, 0.717) is 0 Å². The molecule has 1 aliphatic rings. The Kier molecular flexibility index (Phi) is 4.20. The first-order valence-electron chi connectivity index (χ1n) is 3.69. The molecule has 1 nitrogen and oxygen atoms in total. The monoisotopic (exact) mass is 127 g/mol. The van der Waals surface area contributed by atoms with Gasteiger partial charge >= 0.3 is 0 Å². The first-order chi connectivity index (χ1) is 4.30. The van der Waals surface area contributed by atoms with Crippen LogP contribution < -0.4 is 0 Å². The molecule has 0 aliphatic carbocycles. The van der Waals surface area contributed by atoms with E-state index in [1.807, 2.05) is 13.8 Å². The lowest BCUT2D eigenvalue weighted by molar-refractivity contribution is 0.383. The molecule has 1 atom stereocenters. The Balaban J connectivity index is 0.000000291. The van der Waals surface area contributed by atoms with Crippen LogP contribution in [0.1, 0.15) is 27.2 Å². The summed E-state index contributed by atoms with van der Waals surface area (Å²) in [6.45, 7) is 6.22. The van der Waals surface area contributed by atoms with E-state index in [0.717, 1.165) is 6.04 Å². The summed E-state index contributed by atoms with van der Waals surface area (Å²) in [4.78, 5) is 2.22. The van der Waals surface area contributed by atoms with Gasteiger partial charge in [-0.3, -0.25) is 0 Å². The molecule has 1 aliphatic heterocycles. The molecule has 0 saturated heterocycles. The van der Waals surface area contributed by atoms with Crippen LogP contribution >= 0.6 is 0 Å². The van der Waals surface area contributed by atoms with Crippen molar-refractivity contribution in [3.8, 4) is 0 Å². The Morgan fingerprint density at radius 2 is 2.00 bits per heavy atom. The third-order valence-electron chi connectivity index (χ3n) is 1.51. The van der Waals surface area contributed by atoms with Crippen molar-refractivity contribution >= 4 is 0 Å². The molecule has 0 bridgehead atoms. The normalized spacial score (nSPS) is 23.6. The van der Waals surface area contributed by atoms with E-state index in [-0.39, 0.29) is 0 Å². The topological polar surface area (TPSA) is 3.24 Å². The van der Waals surface area contributed by atoms with Crippen molar-refractivity contribution in [2.75, 3.05) is 7.05 Å². The quantitative estimate of drug-likeness (QED) is 0.482. The van der Waals surface area contributed by atoms with Gasteiger partial charge in [0.2, 0.25) is 0 Å². The molecule has 0 spiro atoms. The molecule has 0 fully saturated rings. The predicted octanol–water partition coefficient (Wildman–Crippen LogP) is 2.25. The lowest BCUT2D eigenvalue weighted by atomic mass is 10.3. The van der Waals surface area contributed by atoms with Gasteiger partial charge in [-0.05, 0) is 19.5 Å². The van der Waals surface area contributed by atoms with Crippen LogP contribution in [0.4, 0.5) is 0 Å². The Bertz CT molecular complexity index is 86.6. The lowest BCUT2D eigenvalue weighted by Crippen LogP contribution is -2.17. The van der Waals surface area contributed by atoms with E-state index in [1.165, 1.54) is 6.42 Å². The molecule has 0 aromatic heterocycles. The fourth-order valence-corrected chi connectivity index (χ4v) is 0.737. The number of hydrogen-bond donors (Lipinski definition) is 0. The zero-order chi connectivity index (χ0) is 7.28. The highest BCUT2D eigenvalue weighted by Crippen LogP contribution is 2.08. The van der Waals surface area contributed by atoms with Gasteiger partial charge in [-0.15, -0.1) is 0 Å². The van der Waals surface area contributed by atoms with Crippen molar-refractivity contribution in [3.63, 3.8) is 0 Å². The second kappa shape index (κ2) is 4.42. The molecule has 0 aromatic rings. The van der Waals surface area contributed by atoms with Crippen LogP contribution in [0.2, 0.25) is 0 Å². The Morgan fingerprint density at radius 3 is 2.11 bits per heavy atom. The summed E-state index contributed by atoms with van der Waals surface area (Å²) >= 11 is 0. The van der Waals surface area contributed by atoms with Crippen molar-refractivity contribution < 1.29 is 0 Å². The summed E-state index contributed by atoms with van der Waals surface area (Å²) in [7, 11) is 2.11. The second-order valence-electron chi connectivity index (χ2n) is 2.13. The van der Waals surface area contributed by atoms with Gasteiger partial charge < -0.3 is 4.90 Å².